The Morgan fingerprint density at radius 2 is 1.00 bits per heavy atom. The quantitative estimate of drug-likeness (QED) is 0.104. The van der Waals surface area contributed by atoms with E-state index in [4.69, 9.17) is 24.6 Å². The topological polar surface area (TPSA) is 208 Å². The normalized spacial score (nSPS) is 9.23. The lowest BCUT2D eigenvalue weighted by Crippen LogP contribution is -2.29. The fourth-order valence-corrected chi connectivity index (χ4v) is 5.69. The standard InChI is InChI=1S/C11H10N2O2S.C9H6N2O2S.C6H7BO2.C5H5BrN2O2S.3CH4/c1-2-15-11(14)9-10(16-13-12-9)8-6-4-3-5-7-8;12-9(13)7-8(14-11-10-7)6-4-2-1-3-5-6;8-7(9)6-4-2-1-3-5-6;1-2-10-5(9)3-4(6)11-8-7-3;;;/h3-7H,2H2,1H3;1-5H,(H,12,13);1-5,8-9H;2H2,1H3;3*1H4. The predicted molar refractivity (Wildman–Crippen MR) is 214 cm³/mol. The lowest BCUT2D eigenvalue weighted by Gasteiger charge is -2.00. The summed E-state index contributed by atoms with van der Waals surface area (Å²) >= 11 is 6.53. The fraction of sp³-hybridized carbons (Fsp3) is 0.206. The highest BCUT2D eigenvalue weighted by molar-refractivity contribution is 9.11. The molecule has 19 heteroatoms. The van der Waals surface area contributed by atoms with Gasteiger partial charge in [-0.3, -0.25) is 0 Å². The number of nitrogens with zero attached hydrogens (tertiary/aromatic N) is 6. The summed E-state index contributed by atoms with van der Waals surface area (Å²) in [6.45, 7) is 4.19. The van der Waals surface area contributed by atoms with Crippen molar-refractivity contribution >= 4 is 81.0 Å². The van der Waals surface area contributed by atoms with Crippen LogP contribution in [0.1, 0.15) is 67.6 Å². The Kier molecular flexibility index (Phi) is 23.7. The van der Waals surface area contributed by atoms with Crippen LogP contribution in [0.5, 0.6) is 0 Å². The molecule has 0 fully saturated rings. The monoisotopic (exact) mass is 846 g/mol. The minimum atomic E-state index is -1.34. The molecule has 0 radical (unpaired) electrons. The smallest absolute Gasteiger partial charge is 0.476 e. The first-order chi connectivity index (χ1) is 24.2. The van der Waals surface area contributed by atoms with Crippen LogP contribution in [-0.2, 0) is 9.47 Å². The molecule has 0 saturated carbocycles. The van der Waals surface area contributed by atoms with E-state index in [-0.39, 0.29) is 39.4 Å². The number of carboxylic acids is 1. The number of hydrogen-bond donors (Lipinski definition) is 3. The second-order valence-corrected chi connectivity index (χ2v) is 12.6. The number of aromatic nitrogens is 6. The van der Waals surface area contributed by atoms with Crippen LogP contribution in [0.15, 0.2) is 94.8 Å². The Balaban J connectivity index is 0.000000681. The van der Waals surface area contributed by atoms with Gasteiger partial charge < -0.3 is 24.6 Å². The van der Waals surface area contributed by atoms with Gasteiger partial charge in [-0.1, -0.05) is 127 Å². The molecule has 0 amide bonds. The summed E-state index contributed by atoms with van der Waals surface area (Å²) in [6.07, 6.45) is 0. The van der Waals surface area contributed by atoms with Crippen molar-refractivity contribution in [2.24, 2.45) is 0 Å². The van der Waals surface area contributed by atoms with E-state index in [9.17, 15) is 14.4 Å². The Hall–Kier alpha value is -4.79. The van der Waals surface area contributed by atoms with E-state index in [0.29, 0.717) is 27.3 Å². The number of ether oxygens (including phenoxy) is 2. The molecule has 0 aliphatic rings. The number of halogens is 1. The number of benzene rings is 3. The van der Waals surface area contributed by atoms with Gasteiger partial charge in [0.2, 0.25) is 0 Å². The Bertz CT molecular complexity index is 1920. The molecule has 6 rings (SSSR count). The van der Waals surface area contributed by atoms with Crippen molar-refractivity contribution in [3.63, 3.8) is 0 Å². The molecule has 0 atom stereocenters. The summed E-state index contributed by atoms with van der Waals surface area (Å²) < 4.78 is 21.2. The number of aromatic carboxylic acids is 1. The molecule has 0 spiro atoms. The first kappa shape index (κ1) is 48.2. The number of carbonyl (C=O) groups excluding carboxylic acids is 2. The fourth-order valence-electron chi connectivity index (χ4n) is 3.54. The van der Waals surface area contributed by atoms with Gasteiger partial charge in [-0.05, 0) is 81.0 Å². The van der Waals surface area contributed by atoms with E-state index in [2.05, 4.69) is 44.7 Å². The van der Waals surface area contributed by atoms with Crippen molar-refractivity contribution < 1.29 is 39.0 Å². The molecule has 3 aromatic heterocycles. The zero-order valence-electron chi connectivity index (χ0n) is 26.3. The van der Waals surface area contributed by atoms with E-state index < -0.39 is 25.0 Å². The van der Waals surface area contributed by atoms with Crippen molar-refractivity contribution in [1.29, 1.82) is 0 Å². The van der Waals surface area contributed by atoms with Crippen LogP contribution in [0.4, 0.5) is 0 Å². The van der Waals surface area contributed by atoms with Crippen molar-refractivity contribution in [2.75, 3.05) is 13.2 Å². The largest absolute Gasteiger partial charge is 0.488 e. The summed E-state index contributed by atoms with van der Waals surface area (Å²) in [7, 11) is -1.34. The van der Waals surface area contributed by atoms with E-state index in [0.717, 1.165) is 39.1 Å². The summed E-state index contributed by atoms with van der Waals surface area (Å²) in [5.74, 6) is -1.90. The van der Waals surface area contributed by atoms with Gasteiger partial charge in [-0.2, -0.15) is 0 Å². The third-order valence-corrected chi connectivity index (χ3v) is 8.61. The highest BCUT2D eigenvalue weighted by Crippen LogP contribution is 2.27. The highest BCUT2D eigenvalue weighted by Gasteiger charge is 2.19. The van der Waals surface area contributed by atoms with Crippen LogP contribution in [0.3, 0.4) is 0 Å². The molecular formula is C34H40BBrN6O8S3. The van der Waals surface area contributed by atoms with Gasteiger partial charge in [0.1, 0.15) is 3.79 Å². The van der Waals surface area contributed by atoms with Crippen molar-refractivity contribution in [3.8, 4) is 20.9 Å². The van der Waals surface area contributed by atoms with Gasteiger partial charge in [-0.15, -0.1) is 15.3 Å². The molecule has 14 nitrogen and oxygen atoms in total. The molecule has 53 heavy (non-hydrogen) atoms. The van der Waals surface area contributed by atoms with Crippen LogP contribution in [-0.4, -0.2) is 82.2 Å². The van der Waals surface area contributed by atoms with Crippen LogP contribution >= 0.6 is 50.5 Å². The third-order valence-electron chi connectivity index (χ3n) is 5.73. The number of rotatable bonds is 8. The number of carbonyl (C=O) groups is 3. The molecule has 0 bridgehead atoms. The van der Waals surface area contributed by atoms with Gasteiger partial charge in [0.05, 0.1) is 23.0 Å². The molecule has 3 heterocycles. The second-order valence-electron chi connectivity index (χ2n) is 9.06. The predicted octanol–water partition coefficient (Wildman–Crippen LogP) is 7.04. The molecular weight excluding hydrogens is 807 g/mol. The number of hydrogen-bond acceptors (Lipinski definition) is 16. The molecule has 282 valence electrons. The second kappa shape index (κ2) is 26.1. The Morgan fingerprint density at radius 3 is 1.38 bits per heavy atom. The van der Waals surface area contributed by atoms with Gasteiger partial charge in [-0.25, -0.2) is 14.4 Å². The Morgan fingerprint density at radius 1 is 0.623 bits per heavy atom. The van der Waals surface area contributed by atoms with E-state index in [1.165, 1.54) is 11.5 Å². The zero-order valence-corrected chi connectivity index (χ0v) is 30.4. The maximum atomic E-state index is 11.6. The van der Waals surface area contributed by atoms with Crippen molar-refractivity contribution in [3.05, 3.63) is 112 Å². The van der Waals surface area contributed by atoms with Crippen LogP contribution in [0.2, 0.25) is 0 Å². The van der Waals surface area contributed by atoms with Crippen LogP contribution in [0.25, 0.3) is 20.9 Å². The SMILES string of the molecule is C.C.C.CCOC(=O)c1nnsc1-c1ccccc1.CCOC(=O)c1nnsc1Br.O=C(O)c1nnsc1-c1ccccc1.OB(O)c1ccccc1. The minimum Gasteiger partial charge on any atom is -0.476 e. The lowest BCUT2D eigenvalue weighted by molar-refractivity contribution is 0.0510. The summed E-state index contributed by atoms with van der Waals surface area (Å²) in [6, 6.07) is 27.5. The average Bonchev–Trinajstić information content (AvgIpc) is 3.92. The van der Waals surface area contributed by atoms with Gasteiger partial charge in [0.25, 0.3) is 0 Å². The first-order valence-corrected chi connectivity index (χ1v) is 17.5. The summed E-state index contributed by atoms with van der Waals surface area (Å²) in [4.78, 5) is 34.7. The maximum absolute atomic E-state index is 11.6. The lowest BCUT2D eigenvalue weighted by atomic mass is 9.81. The van der Waals surface area contributed by atoms with Crippen molar-refractivity contribution in [1.82, 2.24) is 28.8 Å². The van der Waals surface area contributed by atoms with Gasteiger partial charge >= 0.3 is 25.0 Å². The molecule has 0 unspecified atom stereocenters. The highest BCUT2D eigenvalue weighted by atomic mass is 79.9. The van der Waals surface area contributed by atoms with E-state index in [1.807, 2.05) is 66.7 Å². The van der Waals surface area contributed by atoms with E-state index >= 15 is 0 Å². The average molecular weight is 848 g/mol. The number of carboxylic acid groups (broad SMARTS) is 1. The van der Waals surface area contributed by atoms with Gasteiger partial charge in [0, 0.05) is 0 Å². The molecule has 3 aromatic carbocycles. The van der Waals surface area contributed by atoms with E-state index in [1.54, 1.807) is 38.1 Å². The third kappa shape index (κ3) is 15.4. The summed E-state index contributed by atoms with van der Waals surface area (Å²) in [5.41, 5.74) is 2.84. The van der Waals surface area contributed by atoms with Crippen molar-refractivity contribution in [2.45, 2.75) is 36.1 Å². The molecule has 0 aliphatic heterocycles. The van der Waals surface area contributed by atoms with Crippen LogP contribution in [0, 0.1) is 0 Å². The van der Waals surface area contributed by atoms with Gasteiger partial charge in [0.15, 0.2) is 17.1 Å². The zero-order chi connectivity index (χ0) is 36.3. The molecule has 0 aliphatic carbocycles. The molecule has 3 N–H and O–H groups in total. The summed E-state index contributed by atoms with van der Waals surface area (Å²) in [5, 5.41) is 36.9. The minimum absolute atomic E-state index is 0. The first-order valence-electron chi connectivity index (χ1n) is 14.4. The maximum Gasteiger partial charge on any atom is 0.488 e. The molecule has 0 saturated heterocycles. The van der Waals surface area contributed by atoms with Crippen LogP contribution < -0.4 is 5.46 Å². The Labute approximate surface area is 329 Å². The molecule has 6 aromatic rings. The number of esters is 2.